The van der Waals surface area contributed by atoms with Crippen LogP contribution < -0.4 is 0 Å². The maximum Gasteiger partial charge on any atom is 5.00 e. The van der Waals surface area contributed by atoms with Gasteiger partial charge in [-0.3, -0.25) is 0 Å². The van der Waals surface area contributed by atoms with Crippen molar-refractivity contribution < 1.29 is 67.1 Å². The van der Waals surface area contributed by atoms with Gasteiger partial charge in [0.1, 0.15) is 0 Å². The van der Waals surface area contributed by atoms with Crippen LogP contribution in [0.1, 0.15) is 0 Å². The Bertz CT molecular complexity index is 7.64. The van der Waals surface area contributed by atoms with Gasteiger partial charge in [0, 0.05) is 0 Å². The molecule has 30 valence electrons. The van der Waals surface area contributed by atoms with Gasteiger partial charge in [-0.15, -0.1) is 0 Å². The first kappa shape index (κ1) is 76.3. The molecule has 0 aromatic rings. The summed E-state index contributed by atoms with van der Waals surface area (Å²) < 4.78 is 0. The molecule has 0 heterocycles. The van der Waals surface area contributed by atoms with E-state index in [1.54, 1.807) is 0 Å². The van der Waals surface area contributed by atoms with Crippen LogP contribution in [0.15, 0.2) is 0 Å². The van der Waals surface area contributed by atoms with E-state index < -0.39 is 0 Å². The zero-order valence-corrected chi connectivity index (χ0v) is 16.6. The van der Waals surface area contributed by atoms with E-state index in [-0.39, 0.29) is 154 Å². The Morgan fingerprint density at radius 3 is 0.250 bits per heavy atom. The zero-order chi connectivity index (χ0) is 0. The summed E-state index contributed by atoms with van der Waals surface area (Å²) >= 11 is 0. The molecule has 0 amide bonds. The van der Waals surface area contributed by atoms with Gasteiger partial charge in [-0.25, -0.2) is 0 Å². The molecular formula is Al5Nb3. The average molecular weight is 414 g/mol. The molecule has 0 fully saturated rings. The molecule has 0 atom stereocenters. The van der Waals surface area contributed by atoms with E-state index in [9.17, 15) is 0 Å². The van der Waals surface area contributed by atoms with Gasteiger partial charge in [0.2, 0.25) is 0 Å². The molecule has 0 N–H and O–H groups in total. The Balaban J connectivity index is 0. The molecule has 10 radical (unpaired) electrons. The largest absolute Gasteiger partial charge is 5.00 e. The van der Waals surface area contributed by atoms with Crippen molar-refractivity contribution in [2.24, 2.45) is 0 Å². The second-order valence-electron chi connectivity index (χ2n) is 0. The first-order valence-corrected chi connectivity index (χ1v) is 0. The molecule has 0 aromatic carbocycles. The minimum Gasteiger partial charge on any atom is -3.00 e. The molecule has 0 rings (SSSR count). The Hall–Kier alpha value is 4.88. The second kappa shape index (κ2) is 59.0. The van der Waals surface area contributed by atoms with E-state index in [4.69, 9.17) is 0 Å². The van der Waals surface area contributed by atoms with Crippen LogP contribution in [0.25, 0.3) is 0 Å². The predicted molar refractivity (Wildman–Crippen MR) is 28.8 cm³/mol. The van der Waals surface area contributed by atoms with Crippen molar-refractivity contribution in [1.29, 1.82) is 0 Å². The minimum absolute atomic E-state index is 0. The smallest absolute Gasteiger partial charge is 3.00 e. The summed E-state index contributed by atoms with van der Waals surface area (Å²) in [6.07, 6.45) is 0. The molecule has 8 heavy (non-hydrogen) atoms. The standard InChI is InChI=1S/5Al.3Nb/q5*-3;3*+5. The molecule has 0 nitrogen and oxygen atoms in total. The topological polar surface area (TPSA) is 0 Å². The zero-order valence-electron chi connectivity index (χ0n) is 4.23. The SMILES string of the molecule is [Al-3].[Al-3].[Al-3].[Al-3].[Al-3].[Nb+5].[Nb+5].[Nb+5]. The fourth-order valence-electron chi connectivity index (χ4n) is 0. The quantitative estimate of drug-likeness (QED) is 0.407. The van der Waals surface area contributed by atoms with Crippen molar-refractivity contribution in [3.05, 3.63) is 0 Å². The summed E-state index contributed by atoms with van der Waals surface area (Å²) in [5, 5.41) is 0. The fourth-order valence-corrected chi connectivity index (χ4v) is 0. The van der Waals surface area contributed by atoms with E-state index in [0.29, 0.717) is 0 Å². The molecule has 0 unspecified atom stereocenters. The molecular weight excluding hydrogens is 414 g/mol. The van der Waals surface area contributed by atoms with Gasteiger partial charge < -0.3 is 86.8 Å². The predicted octanol–water partition coefficient (Wildman–Crippen LogP) is -1.91. The Kier molecular flexibility index (Phi) is 563. The van der Waals surface area contributed by atoms with E-state index in [2.05, 4.69) is 0 Å². The van der Waals surface area contributed by atoms with Crippen LogP contribution in [-0.4, -0.2) is 86.8 Å². The van der Waals surface area contributed by atoms with Crippen molar-refractivity contribution in [1.82, 2.24) is 0 Å². The van der Waals surface area contributed by atoms with Gasteiger partial charge in [0.15, 0.2) is 0 Å². The monoisotopic (exact) mass is 414 g/mol. The summed E-state index contributed by atoms with van der Waals surface area (Å²) in [7, 11) is 0. The van der Waals surface area contributed by atoms with Crippen molar-refractivity contribution in [2.45, 2.75) is 0 Å². The summed E-state index contributed by atoms with van der Waals surface area (Å²) in [4.78, 5) is 0. The van der Waals surface area contributed by atoms with Gasteiger partial charge >= 0.3 is 67.1 Å². The first-order valence-electron chi connectivity index (χ1n) is 0. The molecule has 0 bridgehead atoms. The van der Waals surface area contributed by atoms with Crippen molar-refractivity contribution in [3.8, 4) is 0 Å². The third-order valence-corrected chi connectivity index (χ3v) is 0. The van der Waals surface area contributed by atoms with Crippen LogP contribution in [-0.2, 0) is 67.1 Å². The third kappa shape index (κ3) is 44.6. The molecule has 8 heteroatoms. The van der Waals surface area contributed by atoms with E-state index in [0.717, 1.165) is 0 Å². The van der Waals surface area contributed by atoms with Crippen LogP contribution in [0.2, 0.25) is 0 Å². The Morgan fingerprint density at radius 1 is 0.250 bits per heavy atom. The maximum atomic E-state index is 0. The molecule has 0 aromatic heterocycles. The summed E-state index contributed by atoms with van der Waals surface area (Å²) in [5.74, 6) is 0. The van der Waals surface area contributed by atoms with E-state index >= 15 is 0 Å². The van der Waals surface area contributed by atoms with Crippen LogP contribution in [0, 0.1) is 0 Å². The normalized spacial score (nSPS) is 0. The van der Waals surface area contributed by atoms with Crippen molar-refractivity contribution in [3.63, 3.8) is 0 Å². The maximum absolute atomic E-state index is 0. The van der Waals surface area contributed by atoms with Crippen molar-refractivity contribution in [2.75, 3.05) is 0 Å². The molecule has 0 aliphatic rings. The van der Waals surface area contributed by atoms with Crippen LogP contribution in [0.4, 0.5) is 0 Å². The Labute approximate surface area is 151 Å². The van der Waals surface area contributed by atoms with Gasteiger partial charge in [0.05, 0.1) is 0 Å². The van der Waals surface area contributed by atoms with Gasteiger partial charge in [0.25, 0.3) is 0 Å². The molecule has 0 spiro atoms. The van der Waals surface area contributed by atoms with Gasteiger partial charge in [-0.1, -0.05) is 0 Å². The summed E-state index contributed by atoms with van der Waals surface area (Å²) in [6, 6.07) is 0. The molecule has 0 aliphatic carbocycles. The van der Waals surface area contributed by atoms with Gasteiger partial charge in [-0.05, 0) is 0 Å². The number of hydrogen-bond donors (Lipinski definition) is 0. The fraction of sp³-hybridized carbons (Fsp3) is 0. The van der Waals surface area contributed by atoms with Crippen LogP contribution >= 0.6 is 0 Å². The number of rotatable bonds is 0. The first-order chi connectivity index (χ1) is 0. The van der Waals surface area contributed by atoms with Crippen LogP contribution in [0.5, 0.6) is 0 Å². The van der Waals surface area contributed by atoms with E-state index in [1.807, 2.05) is 0 Å². The third-order valence-electron chi connectivity index (χ3n) is 0. The molecule has 0 aliphatic heterocycles. The van der Waals surface area contributed by atoms with E-state index in [1.165, 1.54) is 0 Å². The Morgan fingerprint density at radius 2 is 0.250 bits per heavy atom. The van der Waals surface area contributed by atoms with Gasteiger partial charge in [-0.2, -0.15) is 0 Å². The summed E-state index contributed by atoms with van der Waals surface area (Å²) in [5.41, 5.74) is 0. The second-order valence-corrected chi connectivity index (χ2v) is 0. The summed E-state index contributed by atoms with van der Waals surface area (Å²) in [6.45, 7) is 0. The van der Waals surface area contributed by atoms with Crippen molar-refractivity contribution >= 4 is 86.8 Å². The molecule has 0 saturated carbocycles. The minimum atomic E-state index is 0. The molecule has 0 saturated heterocycles. The average Bonchev–Trinajstić information content (AvgIpc) is 0. The van der Waals surface area contributed by atoms with Crippen LogP contribution in [0.3, 0.4) is 0 Å². The number of hydrogen-bond acceptors (Lipinski definition) is 0.